The Balaban J connectivity index is 2.08. The van der Waals surface area contributed by atoms with Crippen molar-refractivity contribution in [3.8, 4) is 5.75 Å². The van der Waals surface area contributed by atoms with E-state index in [2.05, 4.69) is 33.8 Å². The number of ether oxygens (including phenoxy) is 1. The molecule has 1 aliphatic heterocycles. The Labute approximate surface area is 116 Å². The first kappa shape index (κ1) is 14.4. The number of benzene rings is 1. The highest BCUT2D eigenvalue weighted by Gasteiger charge is 2.32. The van der Waals surface area contributed by atoms with E-state index in [1.54, 1.807) is 0 Å². The number of para-hydroxylation sites is 1. The smallest absolute Gasteiger partial charge is 0.129 e. The Morgan fingerprint density at radius 2 is 2.00 bits per heavy atom. The second kappa shape index (κ2) is 5.54. The lowest BCUT2D eigenvalue weighted by atomic mass is 9.96. The maximum absolute atomic E-state index is 10.4. The van der Waals surface area contributed by atoms with Gasteiger partial charge >= 0.3 is 0 Å². The van der Waals surface area contributed by atoms with Crippen LogP contribution in [0.15, 0.2) is 18.2 Å². The molecular weight excluding hydrogens is 236 g/mol. The van der Waals surface area contributed by atoms with E-state index in [4.69, 9.17) is 4.74 Å². The molecule has 0 amide bonds. The first-order chi connectivity index (χ1) is 8.89. The van der Waals surface area contributed by atoms with Gasteiger partial charge < -0.3 is 9.84 Å². The monoisotopic (exact) mass is 262 g/mol. The van der Waals surface area contributed by atoms with Crippen LogP contribution in [0.3, 0.4) is 0 Å². The summed E-state index contributed by atoms with van der Waals surface area (Å²) < 4.78 is 6.01. The summed E-state index contributed by atoms with van der Waals surface area (Å²) in [7, 11) is 0. The second-order valence-electron chi connectivity index (χ2n) is 6.71. The molecule has 0 radical (unpaired) electrons. The van der Waals surface area contributed by atoms with Crippen LogP contribution in [-0.2, 0) is 6.42 Å². The molecule has 1 aromatic carbocycles. The molecule has 1 unspecified atom stereocenters. The lowest BCUT2D eigenvalue weighted by Gasteiger charge is -2.20. The van der Waals surface area contributed by atoms with Crippen LogP contribution in [0.5, 0.6) is 5.75 Å². The summed E-state index contributed by atoms with van der Waals surface area (Å²) in [5.74, 6) is 1.62. The van der Waals surface area contributed by atoms with Crippen molar-refractivity contribution in [2.24, 2.45) is 5.92 Å². The van der Waals surface area contributed by atoms with Gasteiger partial charge in [0.25, 0.3) is 0 Å². The normalized spacial score (nSPS) is 18.2. The van der Waals surface area contributed by atoms with Crippen molar-refractivity contribution >= 4 is 0 Å². The fourth-order valence-corrected chi connectivity index (χ4v) is 2.78. The SMILES string of the molecule is CC(C)CCCC(O)c1cccc2c1OC(C)(C)C2. The standard InChI is InChI=1S/C17H26O2/c1-12(2)7-5-10-15(18)14-9-6-8-13-11-17(3,4)19-16(13)14/h6,8-9,12,15,18H,5,7,10-11H2,1-4H3. The van der Waals surface area contributed by atoms with E-state index >= 15 is 0 Å². The molecule has 1 aliphatic rings. The maximum atomic E-state index is 10.4. The Hall–Kier alpha value is -1.02. The fourth-order valence-electron chi connectivity index (χ4n) is 2.78. The summed E-state index contributed by atoms with van der Waals surface area (Å²) in [6.07, 6.45) is 3.57. The van der Waals surface area contributed by atoms with Crippen molar-refractivity contribution in [2.45, 2.75) is 65.1 Å². The number of fused-ring (bicyclic) bond motifs is 1. The van der Waals surface area contributed by atoms with Crippen LogP contribution in [-0.4, -0.2) is 10.7 Å². The van der Waals surface area contributed by atoms with Gasteiger partial charge in [-0.1, -0.05) is 44.9 Å². The first-order valence-electron chi connectivity index (χ1n) is 7.38. The van der Waals surface area contributed by atoms with Gasteiger partial charge in [0, 0.05) is 12.0 Å². The summed E-state index contributed by atoms with van der Waals surface area (Å²) in [5.41, 5.74) is 2.05. The predicted molar refractivity (Wildman–Crippen MR) is 78.5 cm³/mol. The molecule has 2 heteroatoms. The van der Waals surface area contributed by atoms with Crippen LogP contribution in [0.25, 0.3) is 0 Å². The van der Waals surface area contributed by atoms with Gasteiger partial charge in [-0.15, -0.1) is 0 Å². The van der Waals surface area contributed by atoms with Crippen molar-refractivity contribution in [3.05, 3.63) is 29.3 Å². The van der Waals surface area contributed by atoms with Gasteiger partial charge in [0.15, 0.2) is 0 Å². The molecule has 0 aliphatic carbocycles. The Morgan fingerprint density at radius 1 is 1.26 bits per heavy atom. The second-order valence-corrected chi connectivity index (χ2v) is 6.71. The number of hydrogen-bond acceptors (Lipinski definition) is 2. The Morgan fingerprint density at radius 3 is 2.68 bits per heavy atom. The fraction of sp³-hybridized carbons (Fsp3) is 0.647. The molecule has 0 fully saturated rings. The highest BCUT2D eigenvalue weighted by Crippen LogP contribution is 2.40. The first-order valence-corrected chi connectivity index (χ1v) is 7.38. The lowest BCUT2D eigenvalue weighted by Crippen LogP contribution is -2.25. The van der Waals surface area contributed by atoms with Crippen LogP contribution >= 0.6 is 0 Å². The molecule has 1 heterocycles. The molecular formula is C17H26O2. The van der Waals surface area contributed by atoms with Crippen LogP contribution < -0.4 is 4.74 Å². The zero-order valence-electron chi connectivity index (χ0n) is 12.6. The van der Waals surface area contributed by atoms with Gasteiger partial charge in [0.05, 0.1) is 6.10 Å². The topological polar surface area (TPSA) is 29.5 Å². The largest absolute Gasteiger partial charge is 0.487 e. The molecule has 106 valence electrons. The zero-order valence-corrected chi connectivity index (χ0v) is 12.6. The third-order valence-electron chi connectivity index (χ3n) is 3.74. The number of aliphatic hydroxyl groups excluding tert-OH is 1. The lowest BCUT2D eigenvalue weighted by molar-refractivity contribution is 0.122. The van der Waals surface area contributed by atoms with Crippen molar-refractivity contribution in [1.29, 1.82) is 0 Å². The minimum atomic E-state index is -0.400. The molecule has 1 atom stereocenters. The van der Waals surface area contributed by atoms with E-state index in [0.29, 0.717) is 5.92 Å². The quantitative estimate of drug-likeness (QED) is 0.859. The molecule has 2 nitrogen and oxygen atoms in total. The third kappa shape index (κ3) is 3.50. The summed E-state index contributed by atoms with van der Waals surface area (Å²) in [6, 6.07) is 6.14. The summed E-state index contributed by atoms with van der Waals surface area (Å²) in [5, 5.41) is 10.4. The molecule has 19 heavy (non-hydrogen) atoms. The maximum Gasteiger partial charge on any atom is 0.129 e. The molecule has 0 spiro atoms. The third-order valence-corrected chi connectivity index (χ3v) is 3.74. The van der Waals surface area contributed by atoms with E-state index in [-0.39, 0.29) is 5.60 Å². The van der Waals surface area contributed by atoms with Gasteiger partial charge in [-0.25, -0.2) is 0 Å². The Bertz CT molecular complexity index is 435. The summed E-state index contributed by atoms with van der Waals surface area (Å²) in [4.78, 5) is 0. The zero-order chi connectivity index (χ0) is 14.0. The van der Waals surface area contributed by atoms with E-state index in [9.17, 15) is 5.11 Å². The van der Waals surface area contributed by atoms with Crippen molar-refractivity contribution in [3.63, 3.8) is 0 Å². The summed E-state index contributed by atoms with van der Waals surface area (Å²) >= 11 is 0. The summed E-state index contributed by atoms with van der Waals surface area (Å²) in [6.45, 7) is 8.64. The van der Waals surface area contributed by atoms with E-state index in [1.807, 2.05) is 12.1 Å². The van der Waals surface area contributed by atoms with E-state index < -0.39 is 6.10 Å². The predicted octanol–water partition coefficient (Wildman–Crippen LogP) is 4.26. The molecule has 0 saturated carbocycles. The van der Waals surface area contributed by atoms with E-state index in [1.165, 1.54) is 12.0 Å². The number of hydrogen-bond donors (Lipinski definition) is 1. The van der Waals surface area contributed by atoms with Gasteiger partial charge in [-0.05, 0) is 31.7 Å². The molecule has 0 aromatic heterocycles. The minimum Gasteiger partial charge on any atom is -0.487 e. The highest BCUT2D eigenvalue weighted by molar-refractivity contribution is 5.46. The van der Waals surface area contributed by atoms with E-state index in [0.717, 1.165) is 30.6 Å². The highest BCUT2D eigenvalue weighted by atomic mass is 16.5. The average molecular weight is 262 g/mol. The molecule has 1 N–H and O–H groups in total. The van der Waals surface area contributed by atoms with Gasteiger partial charge in [-0.3, -0.25) is 0 Å². The van der Waals surface area contributed by atoms with Crippen LogP contribution in [0.1, 0.15) is 64.2 Å². The Kier molecular flexibility index (Phi) is 4.19. The number of aliphatic hydroxyl groups is 1. The van der Waals surface area contributed by atoms with Crippen molar-refractivity contribution in [2.75, 3.05) is 0 Å². The molecule has 2 rings (SSSR count). The van der Waals surface area contributed by atoms with Gasteiger partial charge in [0.2, 0.25) is 0 Å². The minimum absolute atomic E-state index is 0.143. The van der Waals surface area contributed by atoms with Gasteiger partial charge in [-0.2, -0.15) is 0 Å². The van der Waals surface area contributed by atoms with Crippen LogP contribution in [0.4, 0.5) is 0 Å². The number of rotatable bonds is 5. The average Bonchev–Trinajstić information content (AvgIpc) is 2.61. The van der Waals surface area contributed by atoms with Crippen molar-refractivity contribution in [1.82, 2.24) is 0 Å². The molecule has 0 bridgehead atoms. The van der Waals surface area contributed by atoms with Crippen molar-refractivity contribution < 1.29 is 9.84 Å². The molecule has 1 aromatic rings. The van der Waals surface area contributed by atoms with Crippen LogP contribution in [0.2, 0.25) is 0 Å². The van der Waals surface area contributed by atoms with Gasteiger partial charge in [0.1, 0.15) is 11.4 Å². The molecule has 0 saturated heterocycles. The van der Waals surface area contributed by atoms with Crippen LogP contribution in [0, 0.1) is 5.92 Å².